The number of hydrogen-bond donors (Lipinski definition) is 0. The Balaban J connectivity index is 2.52. The summed E-state index contributed by atoms with van der Waals surface area (Å²) in [6.45, 7) is 1.62. The molecule has 1 aliphatic heterocycles. The second-order valence-electron chi connectivity index (χ2n) is 2.19. The van der Waals surface area contributed by atoms with Crippen molar-refractivity contribution in [2.75, 3.05) is 13.1 Å². The van der Waals surface area contributed by atoms with Gasteiger partial charge in [0.2, 0.25) is 0 Å². The SMILES string of the molecule is O=C[N+]1(Cl)CCCC1. The molecule has 0 saturated carbocycles. The molecule has 0 spiro atoms. The highest BCUT2D eigenvalue weighted by molar-refractivity contribution is 6.09. The first-order chi connectivity index (χ1) is 3.77. The van der Waals surface area contributed by atoms with E-state index in [1.165, 1.54) is 0 Å². The van der Waals surface area contributed by atoms with Crippen molar-refractivity contribution in [2.45, 2.75) is 12.8 Å². The monoisotopic (exact) mass is 134 g/mol. The molecule has 0 unspecified atom stereocenters. The van der Waals surface area contributed by atoms with Crippen LogP contribution < -0.4 is 0 Å². The molecule has 0 aromatic carbocycles. The van der Waals surface area contributed by atoms with E-state index in [1.807, 2.05) is 0 Å². The van der Waals surface area contributed by atoms with Gasteiger partial charge in [0.05, 0.1) is 0 Å². The van der Waals surface area contributed by atoms with Gasteiger partial charge >= 0.3 is 6.41 Å². The van der Waals surface area contributed by atoms with E-state index in [0.29, 0.717) is 0 Å². The van der Waals surface area contributed by atoms with Crippen molar-refractivity contribution >= 4 is 18.2 Å². The molecule has 0 N–H and O–H groups in total. The average Bonchev–Trinajstić information content (AvgIpc) is 2.17. The number of amides is 1. The molecule has 0 atom stereocenters. The summed E-state index contributed by atoms with van der Waals surface area (Å²) in [5, 5.41) is 0. The molecule has 1 rings (SSSR count). The lowest BCUT2D eigenvalue weighted by Gasteiger charge is -2.11. The maximum absolute atomic E-state index is 10.2. The molecular formula is C5H9ClNO+. The zero-order valence-corrected chi connectivity index (χ0v) is 5.40. The van der Waals surface area contributed by atoms with E-state index in [4.69, 9.17) is 11.8 Å². The topological polar surface area (TPSA) is 17.1 Å². The van der Waals surface area contributed by atoms with Gasteiger partial charge in [-0.05, 0) is 0 Å². The first-order valence-electron chi connectivity index (χ1n) is 2.80. The molecule has 0 radical (unpaired) electrons. The summed E-state index contributed by atoms with van der Waals surface area (Å²) < 4.78 is 0.111. The highest BCUT2D eigenvalue weighted by atomic mass is 35.5. The standard InChI is InChI=1S/C5H9ClNO/c6-7(5-8)3-1-2-4-7/h5H,1-4H2/q+1. The summed E-state index contributed by atoms with van der Waals surface area (Å²) in [5.74, 6) is 0. The summed E-state index contributed by atoms with van der Waals surface area (Å²) in [6, 6.07) is 0. The summed E-state index contributed by atoms with van der Waals surface area (Å²) in [5.41, 5.74) is 0. The van der Waals surface area contributed by atoms with Crippen LogP contribution in [0.3, 0.4) is 0 Å². The van der Waals surface area contributed by atoms with Crippen LogP contribution in [0.2, 0.25) is 0 Å². The summed E-state index contributed by atoms with van der Waals surface area (Å²) >= 11 is 5.72. The van der Waals surface area contributed by atoms with Crippen molar-refractivity contribution in [1.82, 2.24) is 0 Å². The highest BCUT2D eigenvalue weighted by Gasteiger charge is 2.29. The molecule has 2 nitrogen and oxygen atoms in total. The molecular weight excluding hydrogens is 126 g/mol. The number of halogens is 1. The van der Waals surface area contributed by atoms with Crippen LogP contribution in [0, 0.1) is 0 Å². The number of rotatable bonds is 1. The fraction of sp³-hybridized carbons (Fsp3) is 0.800. The Kier molecular flexibility index (Phi) is 1.54. The molecule has 3 heteroatoms. The Morgan fingerprint density at radius 2 is 1.88 bits per heavy atom. The van der Waals surface area contributed by atoms with Gasteiger partial charge in [-0.25, -0.2) is 4.79 Å². The molecule has 1 heterocycles. The fourth-order valence-electron chi connectivity index (χ4n) is 0.967. The Morgan fingerprint density at radius 1 is 1.38 bits per heavy atom. The van der Waals surface area contributed by atoms with Gasteiger partial charge in [0.15, 0.2) is 11.8 Å². The predicted octanol–water partition coefficient (Wildman–Crippen LogP) is 0.907. The van der Waals surface area contributed by atoms with Crippen LogP contribution in [0.4, 0.5) is 0 Å². The van der Waals surface area contributed by atoms with Crippen LogP contribution in [-0.4, -0.2) is 23.5 Å². The second-order valence-corrected chi connectivity index (χ2v) is 2.86. The quantitative estimate of drug-likeness (QED) is 0.385. The average molecular weight is 135 g/mol. The molecule has 1 aliphatic rings. The second kappa shape index (κ2) is 2.03. The van der Waals surface area contributed by atoms with E-state index in [2.05, 4.69) is 0 Å². The van der Waals surface area contributed by atoms with Gasteiger partial charge in [0.1, 0.15) is 13.1 Å². The smallest absolute Gasteiger partial charge is 0.232 e. The summed E-state index contributed by atoms with van der Waals surface area (Å²) in [4.78, 5) is 10.2. The fourth-order valence-corrected chi connectivity index (χ4v) is 1.21. The Morgan fingerprint density at radius 3 is 2.12 bits per heavy atom. The third-order valence-electron chi connectivity index (χ3n) is 1.50. The molecule has 1 amide bonds. The van der Waals surface area contributed by atoms with E-state index >= 15 is 0 Å². The van der Waals surface area contributed by atoms with Crippen molar-refractivity contribution in [1.29, 1.82) is 0 Å². The number of nitrogens with zero attached hydrogens (tertiary/aromatic N) is 1. The lowest BCUT2D eigenvalue weighted by molar-refractivity contribution is -0.710. The van der Waals surface area contributed by atoms with Gasteiger partial charge in [-0.15, -0.1) is 0 Å². The molecule has 1 fully saturated rings. The first-order valence-corrected chi connectivity index (χ1v) is 3.13. The van der Waals surface area contributed by atoms with E-state index in [9.17, 15) is 4.79 Å². The normalized spacial score (nSPS) is 25.6. The molecule has 0 aliphatic carbocycles. The number of hydrogen-bond acceptors (Lipinski definition) is 1. The van der Waals surface area contributed by atoms with Crippen molar-refractivity contribution in [2.24, 2.45) is 0 Å². The zero-order chi connectivity index (χ0) is 6.04. The maximum Gasteiger partial charge on any atom is 0.319 e. The van der Waals surface area contributed by atoms with Gasteiger partial charge in [-0.2, -0.15) is 4.00 Å². The Bertz CT molecular complexity index is 98.6. The summed E-state index contributed by atoms with van der Waals surface area (Å²) in [6.07, 6.45) is 2.99. The predicted molar refractivity (Wildman–Crippen MR) is 31.1 cm³/mol. The van der Waals surface area contributed by atoms with Gasteiger partial charge in [0, 0.05) is 12.8 Å². The first kappa shape index (κ1) is 6.05. The molecule has 8 heavy (non-hydrogen) atoms. The van der Waals surface area contributed by atoms with Gasteiger partial charge in [-0.3, -0.25) is 0 Å². The van der Waals surface area contributed by atoms with E-state index < -0.39 is 0 Å². The van der Waals surface area contributed by atoms with Crippen LogP contribution >= 0.6 is 11.8 Å². The highest BCUT2D eigenvalue weighted by Crippen LogP contribution is 2.19. The number of carbonyl (C=O) groups is 1. The third kappa shape index (κ3) is 1.01. The van der Waals surface area contributed by atoms with E-state index in [-0.39, 0.29) is 4.00 Å². The largest absolute Gasteiger partial charge is 0.319 e. The van der Waals surface area contributed by atoms with Crippen LogP contribution in [0.25, 0.3) is 0 Å². The van der Waals surface area contributed by atoms with Crippen molar-refractivity contribution in [3.8, 4) is 0 Å². The minimum Gasteiger partial charge on any atom is -0.232 e. The van der Waals surface area contributed by atoms with Crippen LogP contribution in [0.1, 0.15) is 12.8 Å². The number of likely N-dealkylation sites (tertiary alicyclic amines) is 1. The minimum atomic E-state index is 0.111. The molecule has 0 bridgehead atoms. The Labute approximate surface area is 53.7 Å². The summed E-state index contributed by atoms with van der Waals surface area (Å²) in [7, 11) is 0. The van der Waals surface area contributed by atoms with E-state index in [1.54, 1.807) is 0 Å². The van der Waals surface area contributed by atoms with Crippen LogP contribution in [0.15, 0.2) is 0 Å². The van der Waals surface area contributed by atoms with Gasteiger partial charge in [0.25, 0.3) is 0 Å². The number of quaternary nitrogens is 1. The lowest BCUT2D eigenvalue weighted by Crippen LogP contribution is -2.32. The number of carbonyl (C=O) groups excluding carboxylic acids is 1. The lowest BCUT2D eigenvalue weighted by atomic mass is 10.4. The third-order valence-corrected chi connectivity index (χ3v) is 1.92. The van der Waals surface area contributed by atoms with Crippen molar-refractivity contribution < 1.29 is 8.80 Å². The van der Waals surface area contributed by atoms with Crippen molar-refractivity contribution in [3.05, 3.63) is 0 Å². The van der Waals surface area contributed by atoms with Gasteiger partial charge in [-0.1, -0.05) is 0 Å². The molecule has 46 valence electrons. The maximum atomic E-state index is 10.2. The van der Waals surface area contributed by atoms with Crippen LogP contribution in [0.5, 0.6) is 0 Å². The van der Waals surface area contributed by atoms with E-state index in [0.717, 1.165) is 32.3 Å². The van der Waals surface area contributed by atoms with Crippen molar-refractivity contribution in [3.63, 3.8) is 0 Å². The molecule has 0 aromatic rings. The van der Waals surface area contributed by atoms with Crippen LogP contribution in [-0.2, 0) is 4.79 Å². The molecule has 0 aromatic heterocycles. The minimum absolute atomic E-state index is 0.111. The van der Waals surface area contributed by atoms with Gasteiger partial charge < -0.3 is 0 Å². The zero-order valence-electron chi connectivity index (χ0n) is 4.64. The molecule has 1 saturated heterocycles. The Hall–Kier alpha value is -0.0800.